The maximum atomic E-state index is 11.3. The number of carbonyl (C=O) groups is 1. The fraction of sp³-hybridized carbons (Fsp3) is 0.909. The van der Waals surface area contributed by atoms with Crippen molar-refractivity contribution in [3.63, 3.8) is 0 Å². The number of carbonyl (C=O) groups excluding carboxylic acids is 1. The highest BCUT2D eigenvalue weighted by molar-refractivity contribution is 5.87. The van der Waals surface area contributed by atoms with Gasteiger partial charge in [-0.15, -0.1) is 0 Å². The van der Waals surface area contributed by atoms with Gasteiger partial charge in [0, 0.05) is 6.42 Å². The molecule has 13 heavy (non-hydrogen) atoms. The molecule has 0 aromatic rings. The Kier molecular flexibility index (Phi) is 2.54. The predicted molar refractivity (Wildman–Crippen MR) is 52.4 cm³/mol. The zero-order valence-corrected chi connectivity index (χ0v) is 9.05. The molecular formula is C11H20O2. The van der Waals surface area contributed by atoms with Crippen LogP contribution >= 0.6 is 0 Å². The van der Waals surface area contributed by atoms with Gasteiger partial charge >= 0.3 is 0 Å². The summed E-state index contributed by atoms with van der Waals surface area (Å²) in [6.45, 7) is 8.16. The normalized spacial score (nSPS) is 36.4. The van der Waals surface area contributed by atoms with Gasteiger partial charge in [0.25, 0.3) is 0 Å². The highest BCUT2D eigenvalue weighted by atomic mass is 16.3. The fourth-order valence-electron chi connectivity index (χ4n) is 2.01. The standard InChI is InChI=1S/C11H20O2/c1-10(2,3)8-5-6-9(12)11(4,13)7-8/h8,13H,5-7H2,1-4H3/t8-,11-/m1/s1. The van der Waals surface area contributed by atoms with Gasteiger partial charge in [0.15, 0.2) is 5.78 Å². The minimum atomic E-state index is -1.07. The minimum absolute atomic E-state index is 0.00741. The summed E-state index contributed by atoms with van der Waals surface area (Å²) in [6, 6.07) is 0. The summed E-state index contributed by atoms with van der Waals surface area (Å²) in [7, 11) is 0. The number of ketones is 1. The summed E-state index contributed by atoms with van der Waals surface area (Å²) in [6.07, 6.45) is 2.09. The summed E-state index contributed by atoms with van der Waals surface area (Å²) >= 11 is 0. The summed E-state index contributed by atoms with van der Waals surface area (Å²) in [5.41, 5.74) is -0.874. The Morgan fingerprint density at radius 1 is 1.46 bits per heavy atom. The smallest absolute Gasteiger partial charge is 0.164 e. The molecule has 1 N–H and O–H groups in total. The third-order valence-electron chi connectivity index (χ3n) is 3.19. The molecule has 1 aliphatic carbocycles. The van der Waals surface area contributed by atoms with Gasteiger partial charge in [-0.3, -0.25) is 4.79 Å². The van der Waals surface area contributed by atoms with Crippen molar-refractivity contribution in [3.8, 4) is 0 Å². The summed E-state index contributed by atoms with van der Waals surface area (Å²) in [5.74, 6) is 0.466. The molecule has 0 unspecified atom stereocenters. The van der Waals surface area contributed by atoms with Crippen LogP contribution in [-0.2, 0) is 4.79 Å². The predicted octanol–water partition coefficient (Wildman–Crippen LogP) is 2.15. The Hall–Kier alpha value is -0.370. The fourth-order valence-corrected chi connectivity index (χ4v) is 2.01. The average molecular weight is 184 g/mol. The largest absolute Gasteiger partial charge is 0.382 e. The van der Waals surface area contributed by atoms with Gasteiger partial charge in [-0.05, 0) is 31.1 Å². The lowest BCUT2D eigenvalue weighted by molar-refractivity contribution is -0.143. The first-order chi connectivity index (χ1) is 5.73. The van der Waals surface area contributed by atoms with E-state index in [0.717, 1.165) is 6.42 Å². The molecule has 1 aliphatic rings. The maximum absolute atomic E-state index is 11.3. The molecule has 0 spiro atoms. The van der Waals surface area contributed by atoms with Crippen LogP contribution in [0.5, 0.6) is 0 Å². The van der Waals surface area contributed by atoms with E-state index in [1.165, 1.54) is 0 Å². The van der Waals surface area contributed by atoms with E-state index in [1.54, 1.807) is 6.92 Å². The lowest BCUT2D eigenvalue weighted by atomic mass is 9.67. The van der Waals surface area contributed by atoms with Crippen molar-refractivity contribution < 1.29 is 9.90 Å². The first-order valence-corrected chi connectivity index (χ1v) is 4.99. The molecule has 0 aliphatic heterocycles. The van der Waals surface area contributed by atoms with Crippen molar-refractivity contribution in [1.82, 2.24) is 0 Å². The van der Waals surface area contributed by atoms with E-state index in [1.807, 2.05) is 0 Å². The second-order valence-electron chi connectivity index (χ2n) is 5.50. The molecule has 0 bridgehead atoms. The molecule has 2 nitrogen and oxygen atoms in total. The minimum Gasteiger partial charge on any atom is -0.382 e. The van der Waals surface area contributed by atoms with Gasteiger partial charge in [0.2, 0.25) is 0 Å². The Labute approximate surface area is 80.3 Å². The van der Waals surface area contributed by atoms with Gasteiger partial charge in [0.1, 0.15) is 5.60 Å². The van der Waals surface area contributed by atoms with E-state index in [-0.39, 0.29) is 11.2 Å². The first-order valence-electron chi connectivity index (χ1n) is 4.99. The highest BCUT2D eigenvalue weighted by Crippen LogP contribution is 2.40. The number of aliphatic hydroxyl groups is 1. The van der Waals surface area contributed by atoms with Crippen LogP contribution in [-0.4, -0.2) is 16.5 Å². The average Bonchev–Trinajstić information content (AvgIpc) is 1.92. The monoisotopic (exact) mass is 184 g/mol. The summed E-state index contributed by atoms with van der Waals surface area (Å²) < 4.78 is 0. The zero-order chi connectivity index (χ0) is 10.3. The van der Waals surface area contributed by atoms with Gasteiger partial charge in [-0.25, -0.2) is 0 Å². The van der Waals surface area contributed by atoms with E-state index in [0.29, 0.717) is 18.8 Å². The third-order valence-corrected chi connectivity index (χ3v) is 3.19. The molecular weight excluding hydrogens is 164 g/mol. The molecule has 2 heteroatoms. The molecule has 0 radical (unpaired) electrons. The van der Waals surface area contributed by atoms with E-state index in [4.69, 9.17) is 0 Å². The van der Waals surface area contributed by atoms with Crippen molar-refractivity contribution in [1.29, 1.82) is 0 Å². The Morgan fingerprint density at radius 3 is 2.38 bits per heavy atom. The van der Waals surface area contributed by atoms with Gasteiger partial charge in [0.05, 0.1) is 0 Å². The Bertz CT molecular complexity index is 211. The third kappa shape index (κ3) is 2.31. The van der Waals surface area contributed by atoms with Gasteiger partial charge in [-0.2, -0.15) is 0 Å². The van der Waals surface area contributed by atoms with Gasteiger partial charge < -0.3 is 5.11 Å². The molecule has 0 heterocycles. The molecule has 76 valence electrons. The first kappa shape index (κ1) is 10.7. The Balaban J connectivity index is 2.72. The van der Waals surface area contributed by atoms with Crippen molar-refractivity contribution >= 4 is 5.78 Å². The van der Waals surface area contributed by atoms with Crippen LogP contribution in [0.15, 0.2) is 0 Å². The number of hydrogen-bond donors (Lipinski definition) is 1. The molecule has 0 aromatic carbocycles. The summed E-state index contributed by atoms with van der Waals surface area (Å²) in [4.78, 5) is 11.3. The van der Waals surface area contributed by atoms with Crippen LogP contribution in [0.1, 0.15) is 47.0 Å². The van der Waals surface area contributed by atoms with Crippen molar-refractivity contribution in [3.05, 3.63) is 0 Å². The quantitative estimate of drug-likeness (QED) is 0.626. The van der Waals surface area contributed by atoms with Crippen molar-refractivity contribution in [2.45, 2.75) is 52.6 Å². The van der Waals surface area contributed by atoms with E-state index in [9.17, 15) is 9.90 Å². The van der Waals surface area contributed by atoms with E-state index >= 15 is 0 Å². The van der Waals surface area contributed by atoms with Crippen LogP contribution in [0.2, 0.25) is 0 Å². The number of hydrogen-bond acceptors (Lipinski definition) is 2. The highest BCUT2D eigenvalue weighted by Gasteiger charge is 2.41. The van der Waals surface area contributed by atoms with Crippen LogP contribution in [0.25, 0.3) is 0 Å². The molecule has 2 atom stereocenters. The maximum Gasteiger partial charge on any atom is 0.164 e. The molecule has 0 aromatic heterocycles. The zero-order valence-electron chi connectivity index (χ0n) is 9.05. The number of rotatable bonds is 0. The van der Waals surface area contributed by atoms with E-state index in [2.05, 4.69) is 20.8 Å². The van der Waals surface area contributed by atoms with Gasteiger partial charge in [-0.1, -0.05) is 20.8 Å². The Morgan fingerprint density at radius 2 is 2.00 bits per heavy atom. The molecule has 1 fully saturated rings. The van der Waals surface area contributed by atoms with Crippen molar-refractivity contribution in [2.24, 2.45) is 11.3 Å². The van der Waals surface area contributed by atoms with Crippen LogP contribution in [0.3, 0.4) is 0 Å². The molecule has 1 rings (SSSR count). The SMILES string of the molecule is CC(C)(C)[C@@H]1CCC(=O)[C@](C)(O)C1. The molecule has 1 saturated carbocycles. The second-order valence-corrected chi connectivity index (χ2v) is 5.50. The molecule has 0 saturated heterocycles. The van der Waals surface area contributed by atoms with Crippen LogP contribution in [0, 0.1) is 11.3 Å². The van der Waals surface area contributed by atoms with E-state index < -0.39 is 5.60 Å². The van der Waals surface area contributed by atoms with Crippen molar-refractivity contribution in [2.75, 3.05) is 0 Å². The van der Waals surface area contributed by atoms with Crippen LogP contribution < -0.4 is 0 Å². The topological polar surface area (TPSA) is 37.3 Å². The summed E-state index contributed by atoms with van der Waals surface area (Å²) in [5, 5.41) is 9.83. The van der Waals surface area contributed by atoms with Crippen LogP contribution in [0.4, 0.5) is 0 Å². The lowest BCUT2D eigenvalue weighted by Crippen LogP contribution is -2.44. The second kappa shape index (κ2) is 3.09. The molecule has 0 amide bonds. The number of Topliss-reactive ketones (excluding diaryl/α,β-unsaturated/α-hetero) is 1. The lowest BCUT2D eigenvalue weighted by Gasteiger charge is -2.39.